The molecule has 0 aliphatic carbocycles. The van der Waals surface area contributed by atoms with Crippen LogP contribution in [0, 0.1) is 0 Å². The molecule has 144 valence electrons. The van der Waals surface area contributed by atoms with Crippen molar-refractivity contribution in [3.8, 4) is 0 Å². The average Bonchev–Trinajstić information content (AvgIpc) is 3.43. The van der Waals surface area contributed by atoms with Crippen LogP contribution in [-0.2, 0) is 0 Å². The summed E-state index contributed by atoms with van der Waals surface area (Å²) >= 11 is 0. The van der Waals surface area contributed by atoms with Gasteiger partial charge in [-0.15, -0.1) is 0 Å². The minimum absolute atomic E-state index is 0.00970. The fourth-order valence-corrected chi connectivity index (χ4v) is 4.42. The summed E-state index contributed by atoms with van der Waals surface area (Å²) in [5.41, 5.74) is 7.20. The zero-order chi connectivity index (χ0) is 18.8. The number of hydrogen-bond acceptors (Lipinski definition) is 4. The van der Waals surface area contributed by atoms with Crippen LogP contribution < -0.4 is 5.73 Å². The van der Waals surface area contributed by atoms with E-state index in [0.29, 0.717) is 17.4 Å². The number of carbonyl (C=O) groups is 1. The highest BCUT2D eigenvalue weighted by molar-refractivity contribution is 5.92. The number of amides is 1. The molecule has 4 rings (SSSR count). The van der Waals surface area contributed by atoms with Gasteiger partial charge in [-0.05, 0) is 57.0 Å². The smallest absolute Gasteiger partial charge is 0.289 e. The summed E-state index contributed by atoms with van der Waals surface area (Å²) in [6, 6.07) is 14.2. The van der Waals surface area contributed by atoms with Gasteiger partial charge in [-0.2, -0.15) is 0 Å². The van der Waals surface area contributed by atoms with Gasteiger partial charge in [-0.3, -0.25) is 4.79 Å². The van der Waals surface area contributed by atoms with E-state index in [9.17, 15) is 4.79 Å². The maximum atomic E-state index is 13.2. The van der Waals surface area contributed by atoms with E-state index >= 15 is 0 Å². The van der Waals surface area contributed by atoms with Crippen molar-refractivity contribution in [1.29, 1.82) is 0 Å². The standard InChI is InChI=1S/C22H29N3O2/c1-16(23)20-9-10-21(27-20)22(26)25-14-18(17-7-3-2-4-8-17)13-19(25)15-24-11-5-6-12-24/h2-4,7-10,16,18-19H,5-6,11-15,23H2,1H3. The van der Waals surface area contributed by atoms with Gasteiger partial charge >= 0.3 is 0 Å². The molecule has 0 radical (unpaired) electrons. The molecule has 3 atom stereocenters. The number of rotatable bonds is 5. The highest BCUT2D eigenvalue weighted by Crippen LogP contribution is 2.34. The van der Waals surface area contributed by atoms with Crippen molar-refractivity contribution in [2.24, 2.45) is 5.73 Å². The highest BCUT2D eigenvalue weighted by Gasteiger charge is 2.38. The van der Waals surface area contributed by atoms with Crippen molar-refractivity contribution in [1.82, 2.24) is 9.80 Å². The molecule has 0 spiro atoms. The Balaban J connectivity index is 1.55. The molecule has 2 aromatic rings. The molecule has 1 aromatic carbocycles. The fraction of sp³-hybridized carbons (Fsp3) is 0.500. The molecule has 2 aliphatic heterocycles. The third-order valence-corrected chi connectivity index (χ3v) is 5.90. The third kappa shape index (κ3) is 3.94. The lowest BCUT2D eigenvalue weighted by atomic mass is 9.96. The number of benzene rings is 1. The quantitative estimate of drug-likeness (QED) is 0.880. The second-order valence-corrected chi connectivity index (χ2v) is 7.95. The maximum Gasteiger partial charge on any atom is 0.289 e. The van der Waals surface area contributed by atoms with E-state index in [1.807, 2.05) is 24.0 Å². The summed E-state index contributed by atoms with van der Waals surface area (Å²) < 4.78 is 5.75. The molecule has 5 nitrogen and oxygen atoms in total. The van der Waals surface area contributed by atoms with Crippen LogP contribution in [0.15, 0.2) is 46.9 Å². The monoisotopic (exact) mass is 367 g/mol. The van der Waals surface area contributed by atoms with E-state index < -0.39 is 0 Å². The number of nitrogens with zero attached hydrogens (tertiary/aromatic N) is 2. The largest absolute Gasteiger partial charge is 0.454 e. The second kappa shape index (κ2) is 7.87. The zero-order valence-corrected chi connectivity index (χ0v) is 16.0. The zero-order valence-electron chi connectivity index (χ0n) is 16.0. The van der Waals surface area contributed by atoms with Crippen LogP contribution >= 0.6 is 0 Å². The molecular formula is C22H29N3O2. The number of likely N-dealkylation sites (tertiary alicyclic amines) is 2. The summed E-state index contributed by atoms with van der Waals surface area (Å²) in [5, 5.41) is 0. The number of furan rings is 1. The molecule has 3 unspecified atom stereocenters. The van der Waals surface area contributed by atoms with Crippen molar-refractivity contribution in [2.45, 2.75) is 44.2 Å². The molecule has 2 aliphatic rings. The van der Waals surface area contributed by atoms with Crippen molar-refractivity contribution < 1.29 is 9.21 Å². The van der Waals surface area contributed by atoms with Gasteiger partial charge < -0.3 is 20.0 Å². The first-order valence-corrected chi connectivity index (χ1v) is 10.1. The molecule has 2 fully saturated rings. The lowest BCUT2D eigenvalue weighted by Crippen LogP contribution is -2.42. The van der Waals surface area contributed by atoms with E-state index in [4.69, 9.17) is 10.2 Å². The van der Waals surface area contributed by atoms with Gasteiger partial charge in [0.25, 0.3) is 5.91 Å². The minimum atomic E-state index is -0.206. The van der Waals surface area contributed by atoms with Gasteiger partial charge in [-0.1, -0.05) is 30.3 Å². The van der Waals surface area contributed by atoms with Crippen molar-refractivity contribution in [2.75, 3.05) is 26.2 Å². The Morgan fingerprint density at radius 3 is 2.59 bits per heavy atom. The van der Waals surface area contributed by atoms with Crippen molar-refractivity contribution in [3.63, 3.8) is 0 Å². The summed E-state index contributed by atoms with van der Waals surface area (Å²) in [6.45, 7) is 5.85. The minimum Gasteiger partial charge on any atom is -0.454 e. The SMILES string of the molecule is CC(N)c1ccc(C(=O)N2CC(c3ccccc3)CC2CN2CCCC2)o1. The number of carbonyl (C=O) groups excluding carboxylic acids is 1. The summed E-state index contributed by atoms with van der Waals surface area (Å²) in [7, 11) is 0. The van der Waals surface area contributed by atoms with Gasteiger partial charge in [0.2, 0.25) is 0 Å². The summed E-state index contributed by atoms with van der Waals surface area (Å²) in [4.78, 5) is 17.7. The highest BCUT2D eigenvalue weighted by atomic mass is 16.4. The number of hydrogen-bond donors (Lipinski definition) is 1. The molecule has 2 saturated heterocycles. The van der Waals surface area contributed by atoms with Crippen LogP contribution in [-0.4, -0.2) is 47.9 Å². The molecule has 1 amide bonds. The van der Waals surface area contributed by atoms with E-state index in [1.165, 1.54) is 18.4 Å². The topological polar surface area (TPSA) is 62.7 Å². The Hall–Kier alpha value is -2.11. The summed E-state index contributed by atoms with van der Waals surface area (Å²) in [6.07, 6.45) is 3.53. The summed E-state index contributed by atoms with van der Waals surface area (Å²) in [5.74, 6) is 1.44. The number of nitrogens with two attached hydrogens (primary N) is 1. The van der Waals surface area contributed by atoms with Crippen LogP contribution in [0.5, 0.6) is 0 Å². The average molecular weight is 367 g/mol. The second-order valence-electron chi connectivity index (χ2n) is 7.95. The Bertz CT molecular complexity index is 765. The first-order valence-electron chi connectivity index (χ1n) is 10.1. The Morgan fingerprint density at radius 1 is 1.19 bits per heavy atom. The molecule has 0 bridgehead atoms. The first-order chi connectivity index (χ1) is 13.1. The Morgan fingerprint density at radius 2 is 1.93 bits per heavy atom. The van der Waals surface area contributed by atoms with Crippen LogP contribution in [0.3, 0.4) is 0 Å². The first kappa shape index (κ1) is 18.3. The van der Waals surface area contributed by atoms with Crippen LogP contribution in [0.4, 0.5) is 0 Å². The van der Waals surface area contributed by atoms with E-state index in [2.05, 4.69) is 29.2 Å². The fourth-order valence-electron chi connectivity index (χ4n) is 4.42. The normalized spacial score (nSPS) is 24.4. The van der Waals surface area contributed by atoms with Crippen LogP contribution in [0.1, 0.15) is 60.0 Å². The molecule has 1 aromatic heterocycles. The Kier molecular flexibility index (Phi) is 5.32. The lowest BCUT2D eigenvalue weighted by molar-refractivity contribution is 0.0673. The molecule has 3 heterocycles. The maximum absolute atomic E-state index is 13.2. The molecule has 27 heavy (non-hydrogen) atoms. The third-order valence-electron chi connectivity index (χ3n) is 5.90. The van der Waals surface area contributed by atoms with Crippen LogP contribution in [0.25, 0.3) is 0 Å². The van der Waals surface area contributed by atoms with Gasteiger partial charge in [0.15, 0.2) is 5.76 Å². The van der Waals surface area contributed by atoms with Gasteiger partial charge in [0.05, 0.1) is 6.04 Å². The predicted molar refractivity (Wildman–Crippen MR) is 106 cm³/mol. The van der Waals surface area contributed by atoms with Gasteiger partial charge in [-0.25, -0.2) is 0 Å². The van der Waals surface area contributed by atoms with Gasteiger partial charge in [0, 0.05) is 25.0 Å². The van der Waals surface area contributed by atoms with Crippen molar-refractivity contribution in [3.05, 3.63) is 59.5 Å². The van der Waals surface area contributed by atoms with Crippen LogP contribution in [0.2, 0.25) is 0 Å². The van der Waals surface area contributed by atoms with E-state index in [1.54, 1.807) is 6.07 Å². The molecule has 0 saturated carbocycles. The van der Waals surface area contributed by atoms with Crippen molar-refractivity contribution >= 4 is 5.91 Å². The Labute approximate surface area is 161 Å². The van der Waals surface area contributed by atoms with E-state index in [0.717, 1.165) is 32.6 Å². The lowest BCUT2D eigenvalue weighted by Gasteiger charge is -2.27. The molecule has 2 N–H and O–H groups in total. The van der Waals surface area contributed by atoms with E-state index in [-0.39, 0.29) is 18.0 Å². The predicted octanol–water partition coefficient (Wildman–Crippen LogP) is 3.39. The van der Waals surface area contributed by atoms with Gasteiger partial charge in [0.1, 0.15) is 5.76 Å². The molecule has 5 heteroatoms. The molecular weight excluding hydrogens is 338 g/mol.